The smallest absolute Gasteiger partial charge is 0.312 e. The normalized spacial score (nSPS) is 12.0. The van der Waals surface area contributed by atoms with Gasteiger partial charge >= 0.3 is 5.69 Å². The molecular weight excluding hydrogens is 308 g/mol. The van der Waals surface area contributed by atoms with Gasteiger partial charge in [0.2, 0.25) is 5.91 Å². The summed E-state index contributed by atoms with van der Waals surface area (Å²) in [6.45, 7) is 4.75. The van der Waals surface area contributed by atoms with Gasteiger partial charge in [0.05, 0.1) is 4.92 Å². The Balaban J connectivity index is 2.22. The lowest BCUT2D eigenvalue weighted by Crippen LogP contribution is -2.25. The Kier molecular flexibility index (Phi) is 4.46. The fraction of sp³-hybridized carbons (Fsp3) is 0.286. The molecule has 2 rings (SSSR count). The third-order valence-electron chi connectivity index (χ3n) is 3.33. The van der Waals surface area contributed by atoms with E-state index in [0.29, 0.717) is 16.4 Å². The summed E-state index contributed by atoms with van der Waals surface area (Å²) < 4.78 is 1.36. The van der Waals surface area contributed by atoms with E-state index in [1.807, 2.05) is 0 Å². The molecule has 1 heterocycles. The third kappa shape index (κ3) is 3.09. The van der Waals surface area contributed by atoms with Crippen molar-refractivity contribution < 1.29 is 9.72 Å². The second-order valence-corrected chi connectivity index (χ2v) is 5.33. The zero-order valence-electron chi connectivity index (χ0n) is 12.3. The minimum atomic E-state index is -0.678. The summed E-state index contributed by atoms with van der Waals surface area (Å²) in [6.07, 6.45) is 0. The van der Waals surface area contributed by atoms with Crippen molar-refractivity contribution in [3.05, 3.63) is 50.8 Å². The van der Waals surface area contributed by atoms with Crippen molar-refractivity contribution >= 4 is 28.9 Å². The van der Waals surface area contributed by atoms with E-state index >= 15 is 0 Å². The molecule has 7 nitrogen and oxygen atoms in total. The number of hydrogen-bond acceptors (Lipinski definition) is 4. The number of aromatic nitrogens is 2. The molecule has 1 atom stereocenters. The average Bonchev–Trinajstić information content (AvgIpc) is 2.75. The first-order valence-electron chi connectivity index (χ1n) is 6.57. The zero-order chi connectivity index (χ0) is 16.4. The van der Waals surface area contributed by atoms with Gasteiger partial charge in [0, 0.05) is 10.7 Å². The maximum atomic E-state index is 12.3. The molecule has 0 radical (unpaired) electrons. The number of nitrogens with zero attached hydrogens (tertiary/aromatic N) is 3. The van der Waals surface area contributed by atoms with Crippen LogP contribution in [0.5, 0.6) is 0 Å². The zero-order valence-corrected chi connectivity index (χ0v) is 13.1. The minimum Gasteiger partial charge on any atom is -0.324 e. The number of aryl methyl sites for hydroxylation is 1. The van der Waals surface area contributed by atoms with E-state index < -0.39 is 11.0 Å². The largest absolute Gasteiger partial charge is 0.324 e. The Morgan fingerprint density at radius 2 is 1.95 bits per heavy atom. The van der Waals surface area contributed by atoms with Gasteiger partial charge in [-0.15, -0.1) is 0 Å². The summed E-state index contributed by atoms with van der Waals surface area (Å²) >= 11 is 5.79. The molecule has 1 amide bonds. The molecule has 1 unspecified atom stereocenters. The summed E-state index contributed by atoms with van der Waals surface area (Å²) in [7, 11) is 0. The first-order chi connectivity index (χ1) is 10.3. The molecule has 0 aliphatic carbocycles. The predicted molar refractivity (Wildman–Crippen MR) is 83.1 cm³/mol. The van der Waals surface area contributed by atoms with E-state index in [1.54, 1.807) is 45.0 Å². The van der Waals surface area contributed by atoms with Gasteiger partial charge in [0.15, 0.2) is 0 Å². The van der Waals surface area contributed by atoms with E-state index in [9.17, 15) is 14.9 Å². The molecule has 0 aliphatic rings. The monoisotopic (exact) mass is 322 g/mol. The van der Waals surface area contributed by atoms with Gasteiger partial charge in [-0.25, -0.2) is 0 Å². The first kappa shape index (κ1) is 16.0. The predicted octanol–water partition coefficient (Wildman–Crippen LogP) is 3.26. The summed E-state index contributed by atoms with van der Waals surface area (Å²) in [6, 6.07) is 6.00. The van der Waals surface area contributed by atoms with E-state index in [0.717, 1.165) is 0 Å². The van der Waals surface area contributed by atoms with Crippen LogP contribution >= 0.6 is 11.6 Å². The number of hydrogen-bond donors (Lipinski definition) is 1. The van der Waals surface area contributed by atoms with E-state index in [4.69, 9.17) is 11.6 Å². The molecule has 0 spiro atoms. The van der Waals surface area contributed by atoms with Crippen LogP contribution in [0.2, 0.25) is 5.02 Å². The maximum absolute atomic E-state index is 12.3. The van der Waals surface area contributed by atoms with Crippen molar-refractivity contribution in [1.29, 1.82) is 0 Å². The van der Waals surface area contributed by atoms with Gasteiger partial charge in [-0.1, -0.05) is 11.6 Å². The van der Waals surface area contributed by atoms with Crippen LogP contribution in [0.3, 0.4) is 0 Å². The van der Waals surface area contributed by atoms with E-state index in [2.05, 4.69) is 10.4 Å². The summed E-state index contributed by atoms with van der Waals surface area (Å²) in [5.41, 5.74) is 1.17. The number of rotatable bonds is 4. The SMILES string of the molecule is Cc1nn(C(C)C(=O)Nc2ccc(Cl)cc2)c(C)c1[N+](=O)[O-]. The van der Waals surface area contributed by atoms with Crippen LogP contribution in [0.4, 0.5) is 11.4 Å². The molecule has 8 heteroatoms. The highest BCUT2D eigenvalue weighted by Crippen LogP contribution is 2.25. The molecule has 0 saturated heterocycles. The fourth-order valence-electron chi connectivity index (χ4n) is 2.19. The lowest BCUT2D eigenvalue weighted by Gasteiger charge is -2.14. The standard InChI is InChI=1S/C14H15ClN4O3/c1-8-13(19(21)22)9(2)18(17-8)10(3)14(20)16-12-6-4-11(15)5-7-12/h4-7,10H,1-3H3,(H,16,20). The highest BCUT2D eigenvalue weighted by molar-refractivity contribution is 6.30. The first-order valence-corrected chi connectivity index (χ1v) is 6.95. The van der Waals surface area contributed by atoms with Crippen LogP contribution in [-0.2, 0) is 4.79 Å². The lowest BCUT2D eigenvalue weighted by atomic mass is 10.2. The van der Waals surface area contributed by atoms with Gasteiger partial charge in [0.1, 0.15) is 17.4 Å². The second kappa shape index (κ2) is 6.15. The number of anilines is 1. The van der Waals surface area contributed by atoms with Crippen molar-refractivity contribution in [3.63, 3.8) is 0 Å². The van der Waals surface area contributed by atoms with Crippen LogP contribution in [0.1, 0.15) is 24.4 Å². The van der Waals surface area contributed by atoms with Gasteiger partial charge in [-0.05, 0) is 45.0 Å². The molecular formula is C14H15ClN4O3. The minimum absolute atomic E-state index is 0.0638. The van der Waals surface area contributed by atoms with E-state index in [1.165, 1.54) is 4.68 Å². The van der Waals surface area contributed by atoms with Crippen molar-refractivity contribution in [2.75, 3.05) is 5.32 Å². The number of nitro groups is 1. The topological polar surface area (TPSA) is 90.1 Å². The molecule has 0 fully saturated rings. The second-order valence-electron chi connectivity index (χ2n) is 4.89. The maximum Gasteiger partial charge on any atom is 0.312 e. The molecule has 1 aromatic carbocycles. The quantitative estimate of drug-likeness (QED) is 0.691. The highest BCUT2D eigenvalue weighted by atomic mass is 35.5. The molecule has 2 aromatic rings. The molecule has 1 aromatic heterocycles. The lowest BCUT2D eigenvalue weighted by molar-refractivity contribution is -0.386. The summed E-state index contributed by atoms with van der Waals surface area (Å²) in [5, 5.41) is 18.4. The molecule has 0 aliphatic heterocycles. The van der Waals surface area contributed by atoms with Crippen molar-refractivity contribution in [2.24, 2.45) is 0 Å². The number of carbonyl (C=O) groups is 1. The van der Waals surface area contributed by atoms with Crippen molar-refractivity contribution in [2.45, 2.75) is 26.8 Å². The van der Waals surface area contributed by atoms with Gasteiger partial charge in [-0.2, -0.15) is 5.10 Å². The van der Waals surface area contributed by atoms with Crippen LogP contribution < -0.4 is 5.32 Å². The van der Waals surface area contributed by atoms with Crippen LogP contribution in [-0.4, -0.2) is 20.6 Å². The van der Waals surface area contributed by atoms with Crippen LogP contribution in [0.15, 0.2) is 24.3 Å². The molecule has 116 valence electrons. The number of amides is 1. The Hall–Kier alpha value is -2.41. The number of halogens is 1. The molecule has 0 bridgehead atoms. The van der Waals surface area contributed by atoms with Gasteiger partial charge in [-0.3, -0.25) is 19.6 Å². The fourth-order valence-corrected chi connectivity index (χ4v) is 2.31. The summed E-state index contributed by atoms with van der Waals surface area (Å²) in [5.74, 6) is -0.317. The van der Waals surface area contributed by atoms with Crippen LogP contribution in [0, 0.1) is 24.0 Å². The average molecular weight is 323 g/mol. The number of nitrogens with one attached hydrogen (secondary N) is 1. The Labute approximate surface area is 132 Å². The van der Waals surface area contributed by atoms with Gasteiger partial charge in [0.25, 0.3) is 0 Å². The Morgan fingerprint density at radius 1 is 1.36 bits per heavy atom. The number of benzene rings is 1. The molecule has 0 saturated carbocycles. The highest BCUT2D eigenvalue weighted by Gasteiger charge is 2.27. The van der Waals surface area contributed by atoms with Crippen molar-refractivity contribution in [3.8, 4) is 0 Å². The molecule has 22 heavy (non-hydrogen) atoms. The Morgan fingerprint density at radius 3 is 2.45 bits per heavy atom. The molecule has 1 N–H and O–H groups in total. The Bertz CT molecular complexity index is 724. The number of carbonyl (C=O) groups excluding carboxylic acids is 1. The third-order valence-corrected chi connectivity index (χ3v) is 3.58. The summed E-state index contributed by atoms with van der Waals surface area (Å²) in [4.78, 5) is 22.8. The van der Waals surface area contributed by atoms with E-state index in [-0.39, 0.29) is 17.3 Å². The van der Waals surface area contributed by atoms with Gasteiger partial charge < -0.3 is 5.32 Å². The van der Waals surface area contributed by atoms with Crippen LogP contribution in [0.25, 0.3) is 0 Å². The van der Waals surface area contributed by atoms with Crippen molar-refractivity contribution in [1.82, 2.24) is 9.78 Å².